The average molecular weight is 315 g/mol. The van der Waals surface area contributed by atoms with Crippen LogP contribution in [0.2, 0.25) is 0 Å². The van der Waals surface area contributed by atoms with Gasteiger partial charge in [-0.2, -0.15) is 0 Å². The lowest BCUT2D eigenvalue weighted by Crippen LogP contribution is -2.52. The molecule has 112 valence electrons. The predicted molar refractivity (Wildman–Crippen MR) is 87.4 cm³/mol. The van der Waals surface area contributed by atoms with Crippen LogP contribution in [0.25, 0.3) is 0 Å². The third kappa shape index (κ3) is 3.90. The van der Waals surface area contributed by atoms with Gasteiger partial charge in [0.15, 0.2) is 0 Å². The fourth-order valence-electron chi connectivity index (χ4n) is 2.45. The quantitative estimate of drug-likeness (QED) is 0.896. The molecule has 3 nitrogen and oxygen atoms in total. The lowest BCUT2D eigenvalue weighted by atomic mass is 9.95. The number of thioether (sulfide) groups is 1. The molecule has 2 atom stereocenters. The lowest BCUT2D eigenvalue weighted by Gasteiger charge is -2.30. The Labute approximate surface area is 131 Å². The Morgan fingerprint density at radius 3 is 2.90 bits per heavy atom. The minimum atomic E-state index is -0.770. The smallest absolute Gasteiger partial charge is 0.240 e. The number of amides is 1. The van der Waals surface area contributed by atoms with Crippen LogP contribution in [-0.2, 0) is 4.79 Å². The highest BCUT2D eigenvalue weighted by molar-refractivity contribution is 7.99. The largest absolute Gasteiger partial charge is 0.348 e. The van der Waals surface area contributed by atoms with E-state index in [2.05, 4.69) is 17.4 Å². The zero-order valence-electron chi connectivity index (χ0n) is 12.0. The molecule has 1 aromatic rings. The summed E-state index contributed by atoms with van der Waals surface area (Å²) in [5, 5.41) is 3.12. The molecule has 0 aliphatic carbocycles. The summed E-state index contributed by atoms with van der Waals surface area (Å²) in [5.41, 5.74) is 6.54. The van der Waals surface area contributed by atoms with Crippen LogP contribution in [0.15, 0.2) is 29.2 Å². The molecule has 20 heavy (non-hydrogen) atoms. The fourth-order valence-corrected chi connectivity index (χ4v) is 3.57. The van der Waals surface area contributed by atoms with E-state index >= 15 is 0 Å². The highest BCUT2D eigenvalue weighted by Gasteiger charge is 2.30. The zero-order valence-corrected chi connectivity index (χ0v) is 13.7. The van der Waals surface area contributed by atoms with E-state index in [1.54, 1.807) is 0 Å². The van der Waals surface area contributed by atoms with Gasteiger partial charge in [-0.1, -0.05) is 31.5 Å². The molecule has 0 saturated carbocycles. The van der Waals surface area contributed by atoms with E-state index in [0.717, 1.165) is 18.6 Å². The maximum Gasteiger partial charge on any atom is 0.240 e. The number of nitrogens with one attached hydrogen (secondary N) is 1. The molecule has 0 spiro atoms. The summed E-state index contributed by atoms with van der Waals surface area (Å²) in [5.74, 6) is 0.998. The van der Waals surface area contributed by atoms with Crippen LogP contribution in [-0.4, -0.2) is 17.2 Å². The van der Waals surface area contributed by atoms with Gasteiger partial charge in [-0.25, -0.2) is 0 Å². The molecule has 0 radical (unpaired) electrons. The zero-order chi connectivity index (χ0) is 13.9. The van der Waals surface area contributed by atoms with Crippen molar-refractivity contribution in [2.75, 3.05) is 5.75 Å². The van der Waals surface area contributed by atoms with E-state index in [4.69, 9.17) is 5.73 Å². The normalized spacial score (nSPS) is 20.2. The van der Waals surface area contributed by atoms with Crippen LogP contribution in [0, 0.1) is 0 Å². The van der Waals surface area contributed by atoms with Crippen LogP contribution >= 0.6 is 24.2 Å². The van der Waals surface area contributed by atoms with Crippen LogP contribution in [0.1, 0.15) is 44.7 Å². The number of nitrogens with two attached hydrogens (primary N) is 1. The summed E-state index contributed by atoms with van der Waals surface area (Å²) >= 11 is 1.85. The van der Waals surface area contributed by atoms with Crippen molar-refractivity contribution in [3.63, 3.8) is 0 Å². The Morgan fingerprint density at radius 1 is 1.50 bits per heavy atom. The number of hydrogen-bond donors (Lipinski definition) is 2. The number of carbonyl (C=O) groups is 1. The minimum absolute atomic E-state index is 0. The number of rotatable bonds is 4. The first kappa shape index (κ1) is 17.3. The SMILES string of the molecule is CCCC(C)(N)C(=O)NC1CCSc2ccccc21.Cl. The topological polar surface area (TPSA) is 55.1 Å². The van der Waals surface area contributed by atoms with E-state index in [1.807, 2.05) is 37.7 Å². The van der Waals surface area contributed by atoms with E-state index < -0.39 is 5.54 Å². The van der Waals surface area contributed by atoms with Gasteiger partial charge in [0.25, 0.3) is 0 Å². The summed E-state index contributed by atoms with van der Waals surface area (Å²) in [6.07, 6.45) is 2.59. The van der Waals surface area contributed by atoms with Crippen LogP contribution in [0.5, 0.6) is 0 Å². The highest BCUT2D eigenvalue weighted by atomic mass is 35.5. The summed E-state index contributed by atoms with van der Waals surface area (Å²) in [6.45, 7) is 3.86. The third-order valence-corrected chi connectivity index (χ3v) is 4.67. The second-order valence-electron chi connectivity index (χ2n) is 5.37. The lowest BCUT2D eigenvalue weighted by molar-refractivity contribution is -0.126. The van der Waals surface area contributed by atoms with Crippen molar-refractivity contribution >= 4 is 30.1 Å². The summed E-state index contributed by atoms with van der Waals surface area (Å²) < 4.78 is 0. The molecule has 1 amide bonds. The maximum atomic E-state index is 12.3. The molecule has 0 aromatic heterocycles. The van der Waals surface area contributed by atoms with Gasteiger partial charge in [0.05, 0.1) is 11.6 Å². The minimum Gasteiger partial charge on any atom is -0.348 e. The van der Waals surface area contributed by atoms with Gasteiger partial charge in [-0.15, -0.1) is 24.2 Å². The molecule has 0 bridgehead atoms. The molecule has 0 saturated heterocycles. The van der Waals surface area contributed by atoms with Crippen LogP contribution in [0.4, 0.5) is 0 Å². The summed E-state index contributed by atoms with van der Waals surface area (Å²) in [4.78, 5) is 13.6. The Balaban J connectivity index is 0.00000200. The molecule has 1 aliphatic rings. The fraction of sp³-hybridized carbons (Fsp3) is 0.533. The second-order valence-corrected chi connectivity index (χ2v) is 6.51. The third-order valence-electron chi connectivity index (χ3n) is 3.55. The number of halogens is 1. The van der Waals surface area contributed by atoms with Crippen molar-refractivity contribution < 1.29 is 4.79 Å². The molecule has 0 fully saturated rings. The Morgan fingerprint density at radius 2 is 2.20 bits per heavy atom. The van der Waals surface area contributed by atoms with Gasteiger partial charge in [0.1, 0.15) is 0 Å². The second kappa shape index (κ2) is 7.34. The Hall–Kier alpha value is -0.710. The number of carbonyl (C=O) groups excluding carboxylic acids is 1. The van der Waals surface area contributed by atoms with Gasteiger partial charge in [-0.3, -0.25) is 4.79 Å². The van der Waals surface area contributed by atoms with E-state index in [0.29, 0.717) is 6.42 Å². The molecule has 2 rings (SSSR count). The van der Waals surface area contributed by atoms with Crippen molar-refractivity contribution in [3.05, 3.63) is 29.8 Å². The van der Waals surface area contributed by atoms with Gasteiger partial charge in [-0.05, 0) is 31.4 Å². The predicted octanol–water partition coefficient (Wildman–Crippen LogP) is 3.28. The molecule has 2 unspecified atom stereocenters. The van der Waals surface area contributed by atoms with Crippen molar-refractivity contribution in [3.8, 4) is 0 Å². The Bertz CT molecular complexity index is 465. The first-order valence-electron chi connectivity index (χ1n) is 6.86. The monoisotopic (exact) mass is 314 g/mol. The van der Waals surface area contributed by atoms with Crippen LogP contribution in [0.3, 0.4) is 0 Å². The highest BCUT2D eigenvalue weighted by Crippen LogP contribution is 2.36. The van der Waals surface area contributed by atoms with Gasteiger partial charge >= 0.3 is 0 Å². The first-order valence-corrected chi connectivity index (χ1v) is 7.84. The summed E-state index contributed by atoms with van der Waals surface area (Å²) in [7, 11) is 0. The molecule has 3 N–H and O–H groups in total. The average Bonchev–Trinajstić information content (AvgIpc) is 2.39. The van der Waals surface area contributed by atoms with Crippen LogP contribution < -0.4 is 11.1 Å². The van der Waals surface area contributed by atoms with Crippen molar-refractivity contribution in [1.82, 2.24) is 5.32 Å². The molecule has 1 aliphatic heterocycles. The van der Waals surface area contributed by atoms with Gasteiger partial charge in [0, 0.05) is 10.6 Å². The Kier molecular flexibility index (Phi) is 6.37. The van der Waals surface area contributed by atoms with E-state index in [1.165, 1.54) is 10.5 Å². The molecule has 1 aromatic carbocycles. The summed E-state index contributed by atoms with van der Waals surface area (Å²) in [6, 6.07) is 8.38. The first-order chi connectivity index (χ1) is 9.04. The number of fused-ring (bicyclic) bond motifs is 1. The van der Waals surface area contributed by atoms with Crippen molar-refractivity contribution in [2.24, 2.45) is 5.73 Å². The molecular formula is C15H23ClN2OS. The number of hydrogen-bond acceptors (Lipinski definition) is 3. The van der Waals surface area contributed by atoms with Crippen molar-refractivity contribution in [2.45, 2.75) is 49.6 Å². The van der Waals surface area contributed by atoms with Crippen molar-refractivity contribution in [1.29, 1.82) is 0 Å². The molecular weight excluding hydrogens is 292 g/mol. The number of benzene rings is 1. The van der Waals surface area contributed by atoms with E-state index in [-0.39, 0.29) is 24.4 Å². The van der Waals surface area contributed by atoms with Gasteiger partial charge < -0.3 is 11.1 Å². The van der Waals surface area contributed by atoms with E-state index in [9.17, 15) is 4.79 Å². The molecule has 1 heterocycles. The molecule has 5 heteroatoms. The maximum absolute atomic E-state index is 12.3. The standard InChI is InChI=1S/C15H22N2OS.ClH/c1-3-9-15(2,16)14(18)17-12-8-10-19-13-7-5-4-6-11(12)13;/h4-7,12H,3,8-10,16H2,1-2H3,(H,17,18);1H. The van der Waals surface area contributed by atoms with Gasteiger partial charge in [0.2, 0.25) is 5.91 Å².